The largest absolute Gasteiger partial charge is 0.392 e. The second kappa shape index (κ2) is 4.30. The van der Waals surface area contributed by atoms with Gasteiger partial charge in [-0.05, 0) is 33.1 Å². The van der Waals surface area contributed by atoms with Crippen LogP contribution in [0.1, 0.15) is 65.7 Å². The Morgan fingerprint density at radius 1 is 1.25 bits per heavy atom. The van der Waals surface area contributed by atoms with Crippen LogP contribution in [0.5, 0.6) is 0 Å². The lowest BCUT2D eigenvalue weighted by Crippen LogP contribution is -2.60. The molecule has 2 rings (SSSR count). The molecular weight excluding hydrogens is 200 g/mol. The van der Waals surface area contributed by atoms with Crippen LogP contribution in [0.2, 0.25) is 0 Å². The average Bonchev–Trinajstić information content (AvgIpc) is 2.30. The van der Waals surface area contributed by atoms with E-state index in [4.69, 9.17) is 4.74 Å². The maximum atomic E-state index is 10.1. The minimum absolute atomic E-state index is 0.0325. The van der Waals surface area contributed by atoms with Crippen LogP contribution in [-0.4, -0.2) is 22.9 Å². The Hall–Kier alpha value is -0.0800. The summed E-state index contributed by atoms with van der Waals surface area (Å²) >= 11 is 0. The smallest absolute Gasteiger partial charge is 0.0688 e. The van der Waals surface area contributed by atoms with E-state index >= 15 is 0 Å². The van der Waals surface area contributed by atoms with E-state index in [0.29, 0.717) is 6.10 Å². The highest BCUT2D eigenvalue weighted by molar-refractivity contribution is 5.06. The number of aliphatic hydroxyl groups is 1. The van der Waals surface area contributed by atoms with Crippen molar-refractivity contribution < 1.29 is 9.84 Å². The van der Waals surface area contributed by atoms with Crippen molar-refractivity contribution in [2.24, 2.45) is 5.41 Å². The topological polar surface area (TPSA) is 29.5 Å². The van der Waals surface area contributed by atoms with Gasteiger partial charge in [0.25, 0.3) is 0 Å². The van der Waals surface area contributed by atoms with Crippen LogP contribution in [0, 0.1) is 5.41 Å². The summed E-state index contributed by atoms with van der Waals surface area (Å²) in [4.78, 5) is 0. The number of ether oxygens (including phenoxy) is 1. The zero-order valence-electron chi connectivity index (χ0n) is 11.0. The molecule has 2 aliphatic carbocycles. The van der Waals surface area contributed by atoms with E-state index in [9.17, 15) is 5.11 Å². The minimum atomic E-state index is -0.106. The zero-order valence-corrected chi connectivity index (χ0v) is 11.0. The Kier molecular flexibility index (Phi) is 3.33. The van der Waals surface area contributed by atoms with Gasteiger partial charge in [0.05, 0.1) is 17.8 Å². The maximum absolute atomic E-state index is 10.1. The lowest BCUT2D eigenvalue weighted by atomic mass is 9.56. The zero-order chi connectivity index (χ0) is 11.8. The van der Waals surface area contributed by atoms with Gasteiger partial charge in [-0.15, -0.1) is 0 Å². The summed E-state index contributed by atoms with van der Waals surface area (Å²) in [5, 5.41) is 10.1. The van der Waals surface area contributed by atoms with Crippen LogP contribution < -0.4 is 0 Å². The summed E-state index contributed by atoms with van der Waals surface area (Å²) in [5.74, 6) is 0. The molecule has 2 atom stereocenters. The molecule has 0 bridgehead atoms. The van der Waals surface area contributed by atoms with Crippen molar-refractivity contribution in [3.05, 3.63) is 0 Å². The van der Waals surface area contributed by atoms with Crippen molar-refractivity contribution in [3.63, 3.8) is 0 Å². The third-order valence-electron chi connectivity index (χ3n) is 4.84. The molecule has 2 fully saturated rings. The molecule has 2 nitrogen and oxygen atoms in total. The van der Waals surface area contributed by atoms with Crippen molar-refractivity contribution in [1.82, 2.24) is 0 Å². The first-order valence-electron chi connectivity index (χ1n) is 6.86. The maximum Gasteiger partial charge on any atom is 0.0688 e. The van der Waals surface area contributed by atoms with Gasteiger partial charge < -0.3 is 9.84 Å². The second-order valence-corrected chi connectivity index (χ2v) is 6.27. The molecule has 2 heteroatoms. The first-order valence-corrected chi connectivity index (χ1v) is 6.86. The Balaban J connectivity index is 2.01. The highest BCUT2D eigenvalue weighted by Crippen LogP contribution is 2.54. The molecule has 0 aliphatic heterocycles. The van der Waals surface area contributed by atoms with Gasteiger partial charge in [0.2, 0.25) is 0 Å². The first-order chi connectivity index (χ1) is 7.50. The van der Waals surface area contributed by atoms with Crippen molar-refractivity contribution in [3.8, 4) is 0 Å². The molecular formula is C14H26O2. The van der Waals surface area contributed by atoms with E-state index < -0.39 is 0 Å². The van der Waals surface area contributed by atoms with Gasteiger partial charge in [-0.3, -0.25) is 0 Å². The normalized spacial score (nSPS) is 33.8. The lowest BCUT2D eigenvalue weighted by molar-refractivity contribution is -0.241. The van der Waals surface area contributed by atoms with Crippen LogP contribution in [0.4, 0.5) is 0 Å². The molecule has 2 saturated carbocycles. The molecule has 16 heavy (non-hydrogen) atoms. The van der Waals surface area contributed by atoms with Gasteiger partial charge in [0.1, 0.15) is 0 Å². The number of hydrogen-bond donors (Lipinski definition) is 1. The molecule has 0 radical (unpaired) electrons. The Morgan fingerprint density at radius 2 is 1.88 bits per heavy atom. The van der Waals surface area contributed by atoms with E-state index in [2.05, 4.69) is 20.8 Å². The molecule has 0 aromatic carbocycles. The number of aliphatic hydroxyl groups excluding tert-OH is 1. The molecule has 1 N–H and O–H groups in total. The fourth-order valence-electron chi connectivity index (χ4n) is 3.23. The van der Waals surface area contributed by atoms with Gasteiger partial charge >= 0.3 is 0 Å². The van der Waals surface area contributed by atoms with Crippen LogP contribution in [0.25, 0.3) is 0 Å². The van der Waals surface area contributed by atoms with Crippen molar-refractivity contribution in [2.75, 3.05) is 0 Å². The minimum Gasteiger partial charge on any atom is -0.392 e. The highest BCUT2D eigenvalue weighted by Gasteiger charge is 2.56. The predicted octanol–water partition coefficient (Wildman–Crippen LogP) is 3.28. The molecule has 2 unspecified atom stereocenters. The third-order valence-corrected chi connectivity index (χ3v) is 4.84. The van der Waals surface area contributed by atoms with Crippen LogP contribution in [-0.2, 0) is 4.74 Å². The molecule has 2 aliphatic rings. The fourth-order valence-corrected chi connectivity index (χ4v) is 3.23. The van der Waals surface area contributed by atoms with Gasteiger partial charge in [-0.2, -0.15) is 0 Å². The molecule has 0 saturated heterocycles. The van der Waals surface area contributed by atoms with Crippen LogP contribution >= 0.6 is 0 Å². The molecule has 1 spiro atoms. The van der Waals surface area contributed by atoms with Crippen molar-refractivity contribution >= 4 is 0 Å². The van der Waals surface area contributed by atoms with E-state index in [1.807, 2.05) is 0 Å². The molecule has 94 valence electrons. The number of rotatable bonds is 3. The van der Waals surface area contributed by atoms with E-state index in [1.165, 1.54) is 32.1 Å². The summed E-state index contributed by atoms with van der Waals surface area (Å²) in [5.41, 5.74) is 0.0833. The Labute approximate surface area is 99.4 Å². The lowest BCUT2D eigenvalue weighted by Gasteiger charge is -2.57. The summed E-state index contributed by atoms with van der Waals surface area (Å²) in [6.45, 7) is 6.49. The summed E-state index contributed by atoms with van der Waals surface area (Å²) in [6, 6.07) is 0. The SMILES string of the molecule is CCC(C)(C)OC1CC(O)C12CCCCC2. The molecule has 0 amide bonds. The van der Waals surface area contributed by atoms with Gasteiger partial charge in [0, 0.05) is 11.8 Å². The quantitative estimate of drug-likeness (QED) is 0.800. The first kappa shape index (κ1) is 12.4. The summed E-state index contributed by atoms with van der Waals surface area (Å²) in [7, 11) is 0. The highest BCUT2D eigenvalue weighted by atomic mass is 16.5. The fraction of sp³-hybridized carbons (Fsp3) is 1.00. The Morgan fingerprint density at radius 3 is 2.38 bits per heavy atom. The number of hydrogen-bond acceptors (Lipinski definition) is 2. The van der Waals surface area contributed by atoms with Crippen LogP contribution in [0.3, 0.4) is 0 Å². The van der Waals surface area contributed by atoms with E-state index in [0.717, 1.165) is 12.8 Å². The molecule has 0 aromatic rings. The van der Waals surface area contributed by atoms with Crippen molar-refractivity contribution in [2.45, 2.75) is 83.5 Å². The van der Waals surface area contributed by atoms with Gasteiger partial charge in [-0.25, -0.2) is 0 Å². The average molecular weight is 226 g/mol. The summed E-state index contributed by atoms with van der Waals surface area (Å²) in [6.07, 6.45) is 8.28. The summed E-state index contributed by atoms with van der Waals surface area (Å²) < 4.78 is 6.23. The monoisotopic (exact) mass is 226 g/mol. The standard InChI is InChI=1S/C14H26O2/c1-4-13(2,3)16-12-10-11(15)14(12)8-6-5-7-9-14/h11-12,15H,4-10H2,1-3H3. The molecule has 0 aromatic heterocycles. The van der Waals surface area contributed by atoms with E-state index in [-0.39, 0.29) is 17.1 Å². The van der Waals surface area contributed by atoms with Gasteiger partial charge in [-0.1, -0.05) is 26.2 Å². The van der Waals surface area contributed by atoms with Crippen molar-refractivity contribution in [1.29, 1.82) is 0 Å². The van der Waals surface area contributed by atoms with E-state index in [1.54, 1.807) is 0 Å². The molecule has 0 heterocycles. The Bertz CT molecular complexity index is 241. The third kappa shape index (κ3) is 2.02. The van der Waals surface area contributed by atoms with Gasteiger partial charge in [0.15, 0.2) is 0 Å². The predicted molar refractivity (Wildman–Crippen MR) is 65.4 cm³/mol. The second-order valence-electron chi connectivity index (χ2n) is 6.27. The van der Waals surface area contributed by atoms with Crippen LogP contribution in [0.15, 0.2) is 0 Å².